The lowest BCUT2D eigenvalue weighted by Crippen LogP contribution is -2.31. The topological polar surface area (TPSA) is 62.0 Å². The molecule has 1 aliphatic rings. The van der Waals surface area contributed by atoms with Crippen LogP contribution in [0.5, 0.6) is 0 Å². The van der Waals surface area contributed by atoms with E-state index in [1.807, 2.05) is 23.6 Å². The Morgan fingerprint density at radius 2 is 2.26 bits per heavy atom. The summed E-state index contributed by atoms with van der Waals surface area (Å²) in [5, 5.41) is 4.94. The van der Waals surface area contributed by atoms with Crippen LogP contribution in [-0.4, -0.2) is 10.9 Å². The Balaban J connectivity index is 1.84. The largest absolute Gasteiger partial charge is 0.344 e. The highest BCUT2D eigenvalue weighted by atomic mass is 32.1. The Morgan fingerprint density at radius 1 is 1.37 bits per heavy atom. The Bertz CT molecular complexity index is 646. The minimum Gasteiger partial charge on any atom is -0.344 e. The third-order valence-electron chi connectivity index (χ3n) is 3.38. The van der Waals surface area contributed by atoms with E-state index < -0.39 is 0 Å². The Hall–Kier alpha value is -1.88. The van der Waals surface area contributed by atoms with Crippen molar-refractivity contribution in [2.24, 2.45) is 0 Å². The molecule has 0 spiro atoms. The van der Waals surface area contributed by atoms with E-state index in [2.05, 4.69) is 10.3 Å². The van der Waals surface area contributed by atoms with Gasteiger partial charge in [0, 0.05) is 11.8 Å². The van der Waals surface area contributed by atoms with Crippen molar-refractivity contribution in [2.75, 3.05) is 0 Å². The Morgan fingerprint density at radius 3 is 3.05 bits per heavy atom. The summed E-state index contributed by atoms with van der Waals surface area (Å²) in [6.07, 6.45) is 2.76. The van der Waals surface area contributed by atoms with Gasteiger partial charge in [-0.2, -0.15) is 0 Å². The van der Waals surface area contributed by atoms with Crippen LogP contribution in [0.15, 0.2) is 34.4 Å². The van der Waals surface area contributed by atoms with Crippen molar-refractivity contribution in [3.63, 3.8) is 0 Å². The quantitative estimate of drug-likeness (QED) is 0.882. The number of aromatic amines is 1. The van der Waals surface area contributed by atoms with Gasteiger partial charge in [0.1, 0.15) is 0 Å². The third kappa shape index (κ3) is 2.46. The van der Waals surface area contributed by atoms with Gasteiger partial charge in [-0.25, -0.2) is 0 Å². The molecule has 4 nitrogen and oxygen atoms in total. The van der Waals surface area contributed by atoms with Crippen LogP contribution in [0, 0.1) is 0 Å². The predicted octanol–water partition coefficient (Wildman–Crippen LogP) is 2.24. The van der Waals surface area contributed by atoms with E-state index in [4.69, 9.17) is 0 Å². The predicted molar refractivity (Wildman–Crippen MR) is 74.5 cm³/mol. The molecule has 2 aromatic rings. The van der Waals surface area contributed by atoms with Crippen molar-refractivity contribution in [1.82, 2.24) is 10.3 Å². The van der Waals surface area contributed by atoms with Gasteiger partial charge in [0.25, 0.3) is 5.91 Å². The fourth-order valence-corrected chi connectivity index (χ4v) is 3.11. The number of fused-ring (bicyclic) bond motifs is 1. The van der Waals surface area contributed by atoms with Crippen LogP contribution >= 0.6 is 11.3 Å². The summed E-state index contributed by atoms with van der Waals surface area (Å²) in [5.74, 6) is -0.0425. The SMILES string of the molecule is O=C(NC1CCCc2[nH]c(=O)ccc21)c1cccs1. The second kappa shape index (κ2) is 5.01. The lowest BCUT2D eigenvalue weighted by molar-refractivity contribution is 0.0936. The monoisotopic (exact) mass is 274 g/mol. The molecule has 0 saturated heterocycles. The molecule has 0 aliphatic heterocycles. The standard InChI is InChI=1S/C14H14N2O2S/c17-13-7-6-9-10(15-13)3-1-4-11(9)16-14(18)12-5-2-8-19-12/h2,5-8,11H,1,3-4H2,(H,15,17)(H,16,18). The van der Waals surface area contributed by atoms with E-state index in [1.54, 1.807) is 0 Å². The van der Waals surface area contributed by atoms with Crippen LogP contribution in [-0.2, 0) is 6.42 Å². The minimum absolute atomic E-state index is 0.00444. The number of thiophene rings is 1. The first-order chi connectivity index (χ1) is 9.24. The molecule has 1 aliphatic carbocycles. The molecule has 1 amide bonds. The van der Waals surface area contributed by atoms with Gasteiger partial charge in [0.05, 0.1) is 10.9 Å². The van der Waals surface area contributed by atoms with Gasteiger partial charge in [-0.05, 0) is 42.3 Å². The van der Waals surface area contributed by atoms with Crippen LogP contribution in [0.1, 0.15) is 39.8 Å². The molecule has 0 radical (unpaired) electrons. The summed E-state index contributed by atoms with van der Waals surface area (Å²) < 4.78 is 0. The first-order valence-corrected chi connectivity index (χ1v) is 7.18. The fraction of sp³-hybridized carbons (Fsp3) is 0.286. The van der Waals surface area contributed by atoms with Crippen molar-refractivity contribution in [2.45, 2.75) is 25.3 Å². The highest BCUT2D eigenvalue weighted by molar-refractivity contribution is 7.12. The summed E-state index contributed by atoms with van der Waals surface area (Å²) in [4.78, 5) is 27.0. The zero-order chi connectivity index (χ0) is 13.2. The molecule has 1 unspecified atom stereocenters. The molecule has 5 heteroatoms. The number of aryl methyl sites for hydroxylation is 1. The maximum Gasteiger partial charge on any atom is 0.261 e. The van der Waals surface area contributed by atoms with E-state index in [0.29, 0.717) is 0 Å². The van der Waals surface area contributed by atoms with E-state index in [0.717, 1.165) is 35.4 Å². The van der Waals surface area contributed by atoms with Crippen LogP contribution < -0.4 is 10.9 Å². The molecule has 2 heterocycles. The van der Waals surface area contributed by atoms with Gasteiger partial charge < -0.3 is 10.3 Å². The van der Waals surface area contributed by atoms with Gasteiger partial charge >= 0.3 is 0 Å². The molecule has 0 fully saturated rings. The molecule has 0 bridgehead atoms. The average Bonchev–Trinajstić information content (AvgIpc) is 2.92. The van der Waals surface area contributed by atoms with Gasteiger partial charge in [0.15, 0.2) is 0 Å². The van der Waals surface area contributed by atoms with Crippen molar-refractivity contribution in [1.29, 1.82) is 0 Å². The molecule has 2 aromatic heterocycles. The molecule has 0 saturated carbocycles. The maximum atomic E-state index is 12.1. The highest BCUT2D eigenvalue weighted by Crippen LogP contribution is 2.27. The van der Waals surface area contributed by atoms with Crippen molar-refractivity contribution in [3.05, 3.63) is 56.1 Å². The van der Waals surface area contributed by atoms with E-state index >= 15 is 0 Å². The molecule has 1 atom stereocenters. The fourth-order valence-electron chi connectivity index (χ4n) is 2.49. The van der Waals surface area contributed by atoms with E-state index in [1.165, 1.54) is 17.4 Å². The average molecular weight is 274 g/mol. The summed E-state index contributed by atoms with van der Waals surface area (Å²) in [6, 6.07) is 7.03. The summed E-state index contributed by atoms with van der Waals surface area (Å²) in [5.41, 5.74) is 1.91. The molecule has 0 aromatic carbocycles. The van der Waals surface area contributed by atoms with Gasteiger partial charge in [-0.1, -0.05) is 6.07 Å². The van der Waals surface area contributed by atoms with Crippen molar-refractivity contribution < 1.29 is 4.79 Å². The number of amides is 1. The number of pyridine rings is 1. The lowest BCUT2D eigenvalue weighted by atomic mass is 9.91. The second-order valence-electron chi connectivity index (χ2n) is 4.65. The number of nitrogens with one attached hydrogen (secondary N) is 2. The molecule has 19 heavy (non-hydrogen) atoms. The van der Waals surface area contributed by atoms with Crippen molar-refractivity contribution in [3.8, 4) is 0 Å². The second-order valence-corrected chi connectivity index (χ2v) is 5.60. The van der Waals surface area contributed by atoms with Gasteiger partial charge in [-0.15, -0.1) is 11.3 Å². The highest BCUT2D eigenvalue weighted by Gasteiger charge is 2.22. The number of hydrogen-bond donors (Lipinski definition) is 2. The lowest BCUT2D eigenvalue weighted by Gasteiger charge is -2.25. The van der Waals surface area contributed by atoms with Gasteiger partial charge in [-0.3, -0.25) is 9.59 Å². The first-order valence-electron chi connectivity index (χ1n) is 6.30. The summed E-state index contributed by atoms with van der Waals surface area (Å²) >= 11 is 1.43. The molecular formula is C14H14N2O2S. The van der Waals surface area contributed by atoms with Crippen LogP contribution in [0.3, 0.4) is 0 Å². The van der Waals surface area contributed by atoms with Crippen molar-refractivity contribution >= 4 is 17.2 Å². The minimum atomic E-state index is -0.0796. The first kappa shape index (κ1) is 12.2. The summed E-state index contributed by atoms with van der Waals surface area (Å²) in [7, 11) is 0. The van der Waals surface area contributed by atoms with Crippen LogP contribution in [0.25, 0.3) is 0 Å². The van der Waals surface area contributed by atoms with Gasteiger partial charge in [0.2, 0.25) is 5.56 Å². The zero-order valence-electron chi connectivity index (χ0n) is 10.3. The summed E-state index contributed by atoms with van der Waals surface area (Å²) in [6.45, 7) is 0. The zero-order valence-corrected chi connectivity index (χ0v) is 11.1. The normalized spacial score (nSPS) is 17.8. The molecule has 2 N–H and O–H groups in total. The van der Waals surface area contributed by atoms with Crippen LogP contribution in [0.2, 0.25) is 0 Å². The third-order valence-corrected chi connectivity index (χ3v) is 4.25. The smallest absolute Gasteiger partial charge is 0.261 e. The number of rotatable bonds is 2. The molecule has 98 valence electrons. The van der Waals surface area contributed by atoms with E-state index in [-0.39, 0.29) is 17.5 Å². The van der Waals surface area contributed by atoms with Crippen LogP contribution in [0.4, 0.5) is 0 Å². The number of carbonyl (C=O) groups is 1. The number of carbonyl (C=O) groups excluding carboxylic acids is 1. The molecule has 3 rings (SSSR count). The number of H-pyrrole nitrogens is 1. The molecular weight excluding hydrogens is 260 g/mol. The Kier molecular flexibility index (Phi) is 3.21. The number of aromatic nitrogens is 1. The Labute approximate surface area is 114 Å². The van der Waals surface area contributed by atoms with E-state index in [9.17, 15) is 9.59 Å². The number of hydrogen-bond acceptors (Lipinski definition) is 3. The maximum absolute atomic E-state index is 12.1.